The molecule has 100 valence electrons. The number of rotatable bonds is 5. The summed E-state index contributed by atoms with van der Waals surface area (Å²) < 4.78 is 0. The van der Waals surface area contributed by atoms with Gasteiger partial charge in [-0.25, -0.2) is 4.98 Å². The van der Waals surface area contributed by atoms with Crippen LogP contribution in [0.15, 0.2) is 18.2 Å². The van der Waals surface area contributed by atoms with Crippen LogP contribution in [-0.4, -0.2) is 34.2 Å². The Hall–Kier alpha value is -1.62. The number of carbonyl (C=O) groups excluding carboxylic acids is 1. The van der Waals surface area contributed by atoms with Gasteiger partial charge >= 0.3 is 0 Å². The van der Waals surface area contributed by atoms with Crippen LogP contribution >= 0.6 is 0 Å². The number of aliphatic hydroxyl groups excluding tert-OH is 1. The first-order chi connectivity index (χ1) is 8.34. The van der Waals surface area contributed by atoms with Gasteiger partial charge in [0.2, 0.25) is 0 Å². The molecule has 0 aromatic carbocycles. The first kappa shape index (κ1) is 14.4. The van der Waals surface area contributed by atoms with Gasteiger partial charge in [0.1, 0.15) is 11.5 Å². The summed E-state index contributed by atoms with van der Waals surface area (Å²) in [4.78, 5) is 16.2. The van der Waals surface area contributed by atoms with Crippen molar-refractivity contribution in [1.82, 2.24) is 10.3 Å². The zero-order valence-electron chi connectivity index (χ0n) is 11.3. The lowest BCUT2D eigenvalue weighted by atomic mass is 10.1. The lowest BCUT2D eigenvalue weighted by Crippen LogP contribution is -2.46. The lowest BCUT2D eigenvalue weighted by Gasteiger charge is -2.23. The Balaban J connectivity index is 2.80. The molecule has 0 spiro atoms. The van der Waals surface area contributed by atoms with Gasteiger partial charge in [-0.1, -0.05) is 6.07 Å². The number of aliphatic hydroxyl groups is 1. The minimum atomic E-state index is -0.653. The summed E-state index contributed by atoms with van der Waals surface area (Å²) >= 11 is 0. The molecule has 0 radical (unpaired) electrons. The maximum atomic E-state index is 11.9. The van der Waals surface area contributed by atoms with Crippen LogP contribution < -0.4 is 10.6 Å². The topological polar surface area (TPSA) is 74.2 Å². The molecule has 18 heavy (non-hydrogen) atoms. The molecule has 0 fully saturated rings. The van der Waals surface area contributed by atoms with E-state index in [0.29, 0.717) is 11.5 Å². The number of amides is 1. The van der Waals surface area contributed by atoms with E-state index in [1.807, 2.05) is 19.9 Å². The predicted molar refractivity (Wildman–Crippen MR) is 71.6 cm³/mol. The molecule has 0 saturated heterocycles. The minimum Gasteiger partial charge on any atom is -0.394 e. The summed E-state index contributed by atoms with van der Waals surface area (Å²) in [6.45, 7) is 7.39. The van der Waals surface area contributed by atoms with Gasteiger partial charge in [-0.15, -0.1) is 0 Å². The number of aromatic nitrogens is 1. The van der Waals surface area contributed by atoms with Crippen molar-refractivity contribution in [3.05, 3.63) is 23.9 Å². The van der Waals surface area contributed by atoms with Crippen molar-refractivity contribution in [3.63, 3.8) is 0 Å². The second-order valence-corrected chi connectivity index (χ2v) is 5.20. The van der Waals surface area contributed by atoms with Gasteiger partial charge in [-0.3, -0.25) is 4.79 Å². The molecule has 0 atom stereocenters. The fourth-order valence-corrected chi connectivity index (χ4v) is 1.35. The monoisotopic (exact) mass is 251 g/mol. The maximum absolute atomic E-state index is 11.9. The fourth-order valence-electron chi connectivity index (χ4n) is 1.35. The Morgan fingerprint density at radius 2 is 2.11 bits per heavy atom. The zero-order valence-corrected chi connectivity index (χ0v) is 11.3. The Kier molecular flexibility index (Phi) is 4.67. The van der Waals surface area contributed by atoms with Crippen molar-refractivity contribution in [1.29, 1.82) is 0 Å². The van der Waals surface area contributed by atoms with Gasteiger partial charge in [0.25, 0.3) is 5.91 Å². The van der Waals surface area contributed by atoms with Crippen LogP contribution in [0.5, 0.6) is 0 Å². The first-order valence-electron chi connectivity index (χ1n) is 6.01. The number of hydrogen-bond acceptors (Lipinski definition) is 4. The molecule has 1 aromatic rings. The van der Waals surface area contributed by atoms with Gasteiger partial charge in [-0.2, -0.15) is 0 Å². The lowest BCUT2D eigenvalue weighted by molar-refractivity contribution is 0.0864. The Morgan fingerprint density at radius 1 is 1.44 bits per heavy atom. The van der Waals surface area contributed by atoms with Crippen LogP contribution in [0.1, 0.15) is 38.2 Å². The Labute approximate surface area is 108 Å². The third kappa shape index (κ3) is 4.33. The average molecular weight is 251 g/mol. The van der Waals surface area contributed by atoms with Crippen LogP contribution in [0, 0.1) is 0 Å². The highest BCUT2D eigenvalue weighted by molar-refractivity contribution is 5.93. The molecule has 1 rings (SSSR count). The van der Waals surface area contributed by atoms with Gasteiger partial charge in [0.05, 0.1) is 12.1 Å². The molecule has 1 amide bonds. The summed E-state index contributed by atoms with van der Waals surface area (Å²) in [5.74, 6) is 0.376. The molecule has 3 N–H and O–H groups in total. The molecule has 0 saturated carbocycles. The van der Waals surface area contributed by atoms with Crippen molar-refractivity contribution < 1.29 is 9.90 Å². The van der Waals surface area contributed by atoms with E-state index < -0.39 is 5.54 Å². The van der Waals surface area contributed by atoms with Crippen LogP contribution in [-0.2, 0) is 0 Å². The number of anilines is 1. The second kappa shape index (κ2) is 5.82. The highest BCUT2D eigenvalue weighted by atomic mass is 16.3. The fraction of sp³-hybridized carbons (Fsp3) is 0.538. The van der Waals surface area contributed by atoms with Crippen molar-refractivity contribution in [2.75, 3.05) is 11.9 Å². The summed E-state index contributed by atoms with van der Waals surface area (Å²) in [5.41, 5.74) is -0.317. The minimum absolute atomic E-state index is 0.122. The van der Waals surface area contributed by atoms with E-state index in [-0.39, 0.29) is 18.6 Å². The number of pyridine rings is 1. The molecule has 1 heterocycles. The van der Waals surface area contributed by atoms with E-state index in [1.54, 1.807) is 26.0 Å². The molecule has 0 aliphatic heterocycles. The van der Waals surface area contributed by atoms with Gasteiger partial charge in [0, 0.05) is 6.04 Å². The quantitative estimate of drug-likeness (QED) is 0.739. The Bertz CT molecular complexity index is 416. The van der Waals surface area contributed by atoms with Crippen molar-refractivity contribution in [2.24, 2.45) is 0 Å². The third-order valence-corrected chi connectivity index (χ3v) is 2.27. The number of nitrogens with one attached hydrogen (secondary N) is 2. The Morgan fingerprint density at radius 3 is 2.67 bits per heavy atom. The molecule has 1 aromatic heterocycles. The van der Waals surface area contributed by atoms with Crippen molar-refractivity contribution in [3.8, 4) is 0 Å². The molecule has 0 aliphatic rings. The number of carbonyl (C=O) groups is 1. The van der Waals surface area contributed by atoms with Crippen molar-refractivity contribution in [2.45, 2.75) is 39.3 Å². The van der Waals surface area contributed by atoms with Crippen LogP contribution in [0.25, 0.3) is 0 Å². The van der Waals surface area contributed by atoms with Crippen LogP contribution in [0.3, 0.4) is 0 Å². The average Bonchev–Trinajstić information content (AvgIpc) is 2.28. The predicted octanol–water partition coefficient (Wildman–Crippen LogP) is 1.40. The molecule has 0 unspecified atom stereocenters. The van der Waals surface area contributed by atoms with E-state index in [1.165, 1.54) is 0 Å². The second-order valence-electron chi connectivity index (χ2n) is 5.20. The normalized spacial score (nSPS) is 11.4. The number of hydrogen-bond donors (Lipinski definition) is 3. The van der Waals surface area contributed by atoms with Crippen molar-refractivity contribution >= 4 is 11.7 Å². The SMILES string of the molecule is CC(C)Nc1cccc(C(=O)NC(C)(C)CO)n1. The van der Waals surface area contributed by atoms with Gasteiger partial charge in [-0.05, 0) is 39.8 Å². The van der Waals surface area contributed by atoms with Gasteiger partial charge < -0.3 is 15.7 Å². The first-order valence-corrected chi connectivity index (χ1v) is 6.01. The smallest absolute Gasteiger partial charge is 0.270 e. The zero-order chi connectivity index (χ0) is 13.8. The molecule has 5 nitrogen and oxygen atoms in total. The molecule has 5 heteroatoms. The van der Waals surface area contributed by atoms with Crippen LogP contribution in [0.2, 0.25) is 0 Å². The third-order valence-electron chi connectivity index (χ3n) is 2.27. The maximum Gasteiger partial charge on any atom is 0.270 e. The van der Waals surface area contributed by atoms with Gasteiger partial charge in [0.15, 0.2) is 0 Å². The van der Waals surface area contributed by atoms with Crippen LogP contribution in [0.4, 0.5) is 5.82 Å². The molecule has 0 bridgehead atoms. The van der Waals surface area contributed by atoms with E-state index in [0.717, 1.165) is 0 Å². The van der Waals surface area contributed by atoms with E-state index in [9.17, 15) is 4.79 Å². The molecule has 0 aliphatic carbocycles. The largest absolute Gasteiger partial charge is 0.394 e. The highest BCUT2D eigenvalue weighted by Gasteiger charge is 2.20. The molecular weight excluding hydrogens is 230 g/mol. The summed E-state index contributed by atoms with van der Waals surface area (Å²) in [7, 11) is 0. The highest BCUT2D eigenvalue weighted by Crippen LogP contribution is 2.08. The van der Waals surface area contributed by atoms with E-state index in [2.05, 4.69) is 15.6 Å². The summed E-state index contributed by atoms with van der Waals surface area (Å²) in [5, 5.41) is 15.0. The van der Waals surface area contributed by atoms with E-state index >= 15 is 0 Å². The standard InChI is InChI=1S/C13H21N3O2/c1-9(2)14-11-7-5-6-10(15-11)12(18)16-13(3,4)8-17/h5-7,9,17H,8H2,1-4H3,(H,14,15)(H,16,18). The summed E-state index contributed by atoms with van der Waals surface area (Å²) in [6, 6.07) is 5.49. The molecular formula is C13H21N3O2. The summed E-state index contributed by atoms with van der Waals surface area (Å²) in [6.07, 6.45) is 0. The van der Waals surface area contributed by atoms with E-state index in [4.69, 9.17) is 5.11 Å². The number of nitrogens with zero attached hydrogens (tertiary/aromatic N) is 1.